The fourth-order valence-corrected chi connectivity index (χ4v) is 4.57. The largest absolute Gasteiger partial charge is 0.463 e. The van der Waals surface area contributed by atoms with Crippen LogP contribution in [0.2, 0.25) is 0 Å². The van der Waals surface area contributed by atoms with E-state index < -0.39 is 0 Å². The van der Waals surface area contributed by atoms with Crippen molar-refractivity contribution in [2.45, 2.75) is 102 Å². The first-order valence-electron chi connectivity index (χ1n) is 11.8. The van der Waals surface area contributed by atoms with E-state index in [0.29, 0.717) is 17.8 Å². The summed E-state index contributed by atoms with van der Waals surface area (Å²) >= 11 is 0. The van der Waals surface area contributed by atoms with Gasteiger partial charge in [0.1, 0.15) is 6.10 Å². The summed E-state index contributed by atoms with van der Waals surface area (Å²) < 4.78 is 5.14. The van der Waals surface area contributed by atoms with Crippen molar-refractivity contribution in [3.8, 4) is 0 Å². The predicted molar refractivity (Wildman–Crippen MR) is 124 cm³/mol. The van der Waals surface area contributed by atoms with E-state index in [-0.39, 0.29) is 24.3 Å². The zero-order valence-electron chi connectivity index (χ0n) is 19.0. The molecular formula is C26H44O4. The van der Waals surface area contributed by atoms with Gasteiger partial charge in [0.05, 0.1) is 12.2 Å². The molecule has 3 aliphatic rings. The lowest BCUT2D eigenvalue weighted by Crippen LogP contribution is -2.23. The minimum absolute atomic E-state index is 0.0539. The van der Waals surface area contributed by atoms with Crippen LogP contribution < -0.4 is 0 Å². The number of aliphatic hydroxyl groups excluding tert-OH is 2. The molecule has 0 saturated heterocycles. The minimum Gasteiger partial charge on any atom is -0.463 e. The smallest absolute Gasteiger partial charge is 0.302 e. The Morgan fingerprint density at radius 1 is 0.733 bits per heavy atom. The number of aliphatic hydroxyl groups is 2. The third-order valence-corrected chi connectivity index (χ3v) is 6.37. The highest BCUT2D eigenvalue weighted by Crippen LogP contribution is 2.27. The number of ether oxygens (including phenoxy) is 1. The Labute approximate surface area is 184 Å². The van der Waals surface area contributed by atoms with E-state index in [1.54, 1.807) is 0 Å². The van der Waals surface area contributed by atoms with Crippen molar-refractivity contribution in [1.29, 1.82) is 0 Å². The maximum absolute atomic E-state index is 10.7. The van der Waals surface area contributed by atoms with E-state index >= 15 is 0 Å². The Hall–Kier alpha value is -1.39. The minimum atomic E-state index is -0.162. The van der Waals surface area contributed by atoms with E-state index in [2.05, 4.69) is 19.7 Å². The van der Waals surface area contributed by atoms with Gasteiger partial charge in [-0.1, -0.05) is 31.1 Å². The molecule has 0 aromatic carbocycles. The van der Waals surface area contributed by atoms with Crippen LogP contribution in [0.3, 0.4) is 0 Å². The molecule has 2 N–H and O–H groups in total. The van der Waals surface area contributed by atoms with Crippen molar-refractivity contribution in [2.75, 3.05) is 0 Å². The van der Waals surface area contributed by atoms with Crippen LogP contribution in [0, 0.1) is 17.8 Å². The van der Waals surface area contributed by atoms with Crippen molar-refractivity contribution in [2.24, 2.45) is 17.8 Å². The molecule has 30 heavy (non-hydrogen) atoms. The fourth-order valence-electron chi connectivity index (χ4n) is 4.57. The molecule has 0 amide bonds. The van der Waals surface area contributed by atoms with Crippen molar-refractivity contribution in [3.05, 3.63) is 38.0 Å². The van der Waals surface area contributed by atoms with Gasteiger partial charge in [-0.2, -0.15) is 0 Å². The summed E-state index contributed by atoms with van der Waals surface area (Å²) in [5.41, 5.74) is 0. The predicted octanol–water partition coefficient (Wildman–Crippen LogP) is 5.74. The third kappa shape index (κ3) is 11.7. The van der Waals surface area contributed by atoms with Crippen molar-refractivity contribution in [1.82, 2.24) is 0 Å². The molecule has 0 heterocycles. The molecule has 0 aliphatic heterocycles. The number of allylic oxidation sites excluding steroid dienone is 3. The van der Waals surface area contributed by atoms with Gasteiger partial charge in [0.15, 0.2) is 0 Å². The number of carbonyl (C=O) groups is 1. The topological polar surface area (TPSA) is 66.8 Å². The molecule has 0 bridgehead atoms. The van der Waals surface area contributed by atoms with Gasteiger partial charge in [-0.15, -0.1) is 19.7 Å². The molecule has 3 fully saturated rings. The lowest BCUT2D eigenvalue weighted by atomic mass is 9.87. The maximum Gasteiger partial charge on any atom is 0.302 e. The molecule has 0 aromatic heterocycles. The Balaban J connectivity index is 0.000000229. The SMILES string of the molecule is C=CC1CCCC(O)C1.C=C[C@@H]1CCC[C@H](O)C1.C=C[C@H]1CCC[C@@H](OC(C)=O)C1. The number of carbonyl (C=O) groups excluding carboxylic acids is 1. The molecule has 0 radical (unpaired) electrons. The summed E-state index contributed by atoms with van der Waals surface area (Å²) in [5.74, 6) is 1.54. The van der Waals surface area contributed by atoms with Crippen molar-refractivity contribution < 1.29 is 19.7 Å². The van der Waals surface area contributed by atoms with Gasteiger partial charge < -0.3 is 14.9 Å². The van der Waals surface area contributed by atoms with Crippen molar-refractivity contribution in [3.63, 3.8) is 0 Å². The second kappa shape index (κ2) is 15.4. The van der Waals surface area contributed by atoms with Crippen LogP contribution in [0.5, 0.6) is 0 Å². The van der Waals surface area contributed by atoms with Crippen LogP contribution in [0.1, 0.15) is 84.0 Å². The highest BCUT2D eigenvalue weighted by atomic mass is 16.5. The Morgan fingerprint density at radius 2 is 1.13 bits per heavy atom. The molecule has 3 aliphatic carbocycles. The van der Waals surface area contributed by atoms with Crippen LogP contribution in [-0.4, -0.2) is 34.5 Å². The Bertz CT molecular complexity index is 489. The molecule has 2 unspecified atom stereocenters. The first-order valence-corrected chi connectivity index (χ1v) is 11.8. The highest BCUT2D eigenvalue weighted by molar-refractivity contribution is 5.66. The van der Waals surface area contributed by atoms with Gasteiger partial charge in [-0.3, -0.25) is 4.79 Å². The standard InChI is InChI=1S/C10H16O2.2C8H14O/c1-3-9-5-4-6-10(7-9)12-8(2)11;2*1-2-7-4-3-5-8(9)6-7/h3,9-10H,1,4-7H2,2H3;2*2,7-9H,1,3-6H2/t9-,10+;7-,8+;/m01./s1. The fraction of sp³-hybridized carbons (Fsp3) is 0.731. The van der Waals surface area contributed by atoms with Gasteiger partial charge in [0.2, 0.25) is 0 Å². The Morgan fingerprint density at radius 3 is 1.47 bits per heavy atom. The molecule has 6 atom stereocenters. The average molecular weight is 421 g/mol. The van der Waals surface area contributed by atoms with Gasteiger partial charge in [-0.25, -0.2) is 0 Å². The van der Waals surface area contributed by atoms with E-state index in [1.165, 1.54) is 26.2 Å². The number of esters is 1. The van der Waals surface area contributed by atoms with Crippen LogP contribution in [-0.2, 0) is 9.53 Å². The zero-order valence-corrected chi connectivity index (χ0v) is 19.0. The first kappa shape index (κ1) is 26.6. The molecule has 172 valence electrons. The molecule has 0 spiro atoms. The van der Waals surface area contributed by atoms with E-state index in [4.69, 9.17) is 14.9 Å². The summed E-state index contributed by atoms with van der Waals surface area (Å²) in [6.07, 6.45) is 18.9. The van der Waals surface area contributed by atoms with Gasteiger partial charge in [0.25, 0.3) is 0 Å². The molecular weight excluding hydrogens is 376 g/mol. The van der Waals surface area contributed by atoms with Gasteiger partial charge in [-0.05, 0) is 82.0 Å². The molecule has 4 nitrogen and oxygen atoms in total. The van der Waals surface area contributed by atoms with E-state index in [1.807, 2.05) is 18.2 Å². The van der Waals surface area contributed by atoms with Crippen LogP contribution in [0.15, 0.2) is 38.0 Å². The highest BCUT2D eigenvalue weighted by Gasteiger charge is 2.21. The summed E-state index contributed by atoms with van der Waals surface area (Å²) in [6, 6.07) is 0. The second-order valence-corrected chi connectivity index (χ2v) is 9.03. The lowest BCUT2D eigenvalue weighted by Gasteiger charge is -2.26. The molecule has 4 heteroatoms. The molecule has 0 aromatic rings. The summed E-state index contributed by atoms with van der Waals surface area (Å²) in [5, 5.41) is 18.3. The summed E-state index contributed by atoms with van der Waals surface area (Å²) in [6.45, 7) is 12.6. The van der Waals surface area contributed by atoms with Crippen molar-refractivity contribution >= 4 is 5.97 Å². The normalized spacial score (nSPS) is 33.4. The van der Waals surface area contributed by atoms with E-state index in [0.717, 1.165) is 57.8 Å². The van der Waals surface area contributed by atoms with E-state index in [9.17, 15) is 4.79 Å². The first-order chi connectivity index (χ1) is 14.4. The quantitative estimate of drug-likeness (QED) is 0.449. The molecule has 3 saturated carbocycles. The maximum atomic E-state index is 10.7. The average Bonchev–Trinajstić information content (AvgIpc) is 2.74. The van der Waals surface area contributed by atoms with Gasteiger partial charge >= 0.3 is 5.97 Å². The second-order valence-electron chi connectivity index (χ2n) is 9.03. The number of hydrogen-bond donors (Lipinski definition) is 2. The third-order valence-electron chi connectivity index (χ3n) is 6.37. The van der Waals surface area contributed by atoms with Crippen LogP contribution in [0.25, 0.3) is 0 Å². The summed E-state index contributed by atoms with van der Waals surface area (Å²) in [7, 11) is 0. The zero-order chi connectivity index (χ0) is 22.4. The lowest BCUT2D eigenvalue weighted by molar-refractivity contribution is -0.148. The van der Waals surface area contributed by atoms with Crippen LogP contribution in [0.4, 0.5) is 0 Å². The van der Waals surface area contributed by atoms with Gasteiger partial charge in [0, 0.05) is 6.92 Å². The number of hydrogen-bond acceptors (Lipinski definition) is 4. The molecule has 3 rings (SSSR count). The monoisotopic (exact) mass is 420 g/mol. The summed E-state index contributed by atoms with van der Waals surface area (Å²) in [4.78, 5) is 10.7. The Kier molecular flexibility index (Phi) is 13.7. The van der Waals surface area contributed by atoms with Crippen LogP contribution >= 0.6 is 0 Å². The number of rotatable bonds is 4.